The smallest absolute Gasteiger partial charge is 0.0334 e. The van der Waals surface area contributed by atoms with Crippen LogP contribution in [-0.4, -0.2) is 29.6 Å². The van der Waals surface area contributed by atoms with Gasteiger partial charge in [-0.25, -0.2) is 0 Å². The Morgan fingerprint density at radius 1 is 1.00 bits per heavy atom. The van der Waals surface area contributed by atoms with Gasteiger partial charge in [-0.3, -0.25) is 4.90 Å². The third-order valence-electron chi connectivity index (χ3n) is 6.42. The highest BCUT2D eigenvalue weighted by Gasteiger charge is 2.45. The van der Waals surface area contributed by atoms with E-state index >= 15 is 0 Å². The van der Waals surface area contributed by atoms with Gasteiger partial charge in [-0.1, -0.05) is 26.2 Å². The molecule has 2 aliphatic carbocycles. The van der Waals surface area contributed by atoms with E-state index in [0.717, 1.165) is 24.4 Å². The number of hydrogen-bond acceptors (Lipinski definition) is 2. The molecule has 2 nitrogen and oxygen atoms in total. The first-order valence-electron chi connectivity index (χ1n) is 8.72. The maximum absolute atomic E-state index is 6.33. The van der Waals surface area contributed by atoms with Crippen LogP contribution in [-0.2, 0) is 0 Å². The van der Waals surface area contributed by atoms with Gasteiger partial charge in [-0.2, -0.15) is 0 Å². The van der Waals surface area contributed by atoms with Crippen molar-refractivity contribution in [2.75, 3.05) is 13.1 Å². The molecule has 1 heterocycles. The number of piperidine rings is 1. The average molecular weight is 264 g/mol. The predicted molar refractivity (Wildman–Crippen MR) is 81.1 cm³/mol. The Kier molecular flexibility index (Phi) is 4.19. The number of likely N-dealkylation sites (tertiary alicyclic amines) is 1. The Hall–Kier alpha value is -0.0800. The van der Waals surface area contributed by atoms with E-state index in [1.807, 2.05) is 0 Å². The van der Waals surface area contributed by atoms with Gasteiger partial charge >= 0.3 is 0 Å². The lowest BCUT2D eigenvalue weighted by molar-refractivity contribution is -0.00640. The van der Waals surface area contributed by atoms with Gasteiger partial charge in [0.15, 0.2) is 0 Å². The number of nitrogens with zero attached hydrogens (tertiary/aromatic N) is 1. The van der Waals surface area contributed by atoms with Crippen LogP contribution in [0, 0.1) is 11.8 Å². The molecule has 3 rings (SSSR count). The minimum absolute atomic E-state index is 0.360. The molecule has 0 radical (unpaired) electrons. The van der Waals surface area contributed by atoms with Gasteiger partial charge in [0.25, 0.3) is 0 Å². The summed E-state index contributed by atoms with van der Waals surface area (Å²) in [6, 6.07) is 0.880. The van der Waals surface area contributed by atoms with Crippen molar-refractivity contribution in [3.63, 3.8) is 0 Å². The molecule has 110 valence electrons. The van der Waals surface area contributed by atoms with Crippen LogP contribution < -0.4 is 5.73 Å². The van der Waals surface area contributed by atoms with Crippen LogP contribution in [0.2, 0.25) is 0 Å². The van der Waals surface area contributed by atoms with Gasteiger partial charge in [-0.05, 0) is 63.3 Å². The summed E-state index contributed by atoms with van der Waals surface area (Å²) in [6.07, 6.45) is 14.2. The molecule has 2 N–H and O–H groups in total. The normalized spacial score (nSPS) is 44.8. The van der Waals surface area contributed by atoms with E-state index in [-0.39, 0.29) is 0 Å². The Balaban J connectivity index is 1.79. The van der Waals surface area contributed by atoms with Crippen LogP contribution in [0.3, 0.4) is 0 Å². The Morgan fingerprint density at radius 2 is 1.84 bits per heavy atom. The molecular formula is C17H32N2. The van der Waals surface area contributed by atoms with Crippen LogP contribution in [0.25, 0.3) is 0 Å². The third kappa shape index (κ3) is 2.58. The molecule has 1 aliphatic heterocycles. The molecule has 3 fully saturated rings. The summed E-state index contributed by atoms with van der Waals surface area (Å²) in [5.74, 6) is 1.91. The summed E-state index contributed by atoms with van der Waals surface area (Å²) in [4.78, 5) is 2.91. The van der Waals surface area contributed by atoms with E-state index in [9.17, 15) is 0 Å². The molecule has 2 saturated carbocycles. The molecule has 0 spiro atoms. The van der Waals surface area contributed by atoms with Crippen molar-refractivity contribution in [1.82, 2.24) is 4.90 Å². The second kappa shape index (κ2) is 5.73. The fourth-order valence-electron chi connectivity index (χ4n) is 5.22. The number of hydrogen-bond donors (Lipinski definition) is 1. The van der Waals surface area contributed by atoms with Crippen molar-refractivity contribution in [3.05, 3.63) is 0 Å². The Labute approximate surface area is 119 Å². The van der Waals surface area contributed by atoms with Crippen LogP contribution >= 0.6 is 0 Å². The maximum atomic E-state index is 6.33. The minimum atomic E-state index is 0.360. The van der Waals surface area contributed by atoms with Gasteiger partial charge in [-0.15, -0.1) is 0 Å². The van der Waals surface area contributed by atoms with Gasteiger partial charge in [0.2, 0.25) is 0 Å². The van der Waals surface area contributed by atoms with Crippen LogP contribution in [0.5, 0.6) is 0 Å². The molecule has 0 aromatic heterocycles. The topological polar surface area (TPSA) is 29.3 Å². The molecule has 19 heavy (non-hydrogen) atoms. The van der Waals surface area contributed by atoms with Gasteiger partial charge in [0, 0.05) is 18.1 Å². The van der Waals surface area contributed by atoms with Gasteiger partial charge in [0.05, 0.1) is 0 Å². The fourth-order valence-corrected chi connectivity index (χ4v) is 5.22. The van der Waals surface area contributed by atoms with Crippen molar-refractivity contribution in [2.45, 2.75) is 82.7 Å². The molecular weight excluding hydrogens is 232 g/mol. The molecule has 4 atom stereocenters. The SMILES string of the molecule is CC1CCCC(CN)(N2CCCC3CCCC32)CC1. The van der Waals surface area contributed by atoms with Crippen LogP contribution in [0.15, 0.2) is 0 Å². The Morgan fingerprint density at radius 3 is 2.68 bits per heavy atom. The summed E-state index contributed by atoms with van der Waals surface area (Å²) in [7, 11) is 0. The average Bonchev–Trinajstić information content (AvgIpc) is 2.83. The lowest BCUT2D eigenvalue weighted by atomic mass is 9.81. The fraction of sp³-hybridized carbons (Fsp3) is 1.00. The second-order valence-corrected chi connectivity index (χ2v) is 7.56. The molecule has 0 bridgehead atoms. The maximum Gasteiger partial charge on any atom is 0.0334 e. The standard InChI is InChI=1S/C17H32N2/c1-14-5-3-10-17(13-18,11-9-14)19-12-4-7-15-6-2-8-16(15)19/h14-16H,2-13,18H2,1H3. The number of nitrogens with two attached hydrogens (primary N) is 1. The monoisotopic (exact) mass is 264 g/mol. The van der Waals surface area contributed by atoms with Crippen molar-refractivity contribution in [1.29, 1.82) is 0 Å². The zero-order valence-electron chi connectivity index (χ0n) is 12.7. The number of rotatable bonds is 2. The lowest BCUT2D eigenvalue weighted by Crippen LogP contribution is -2.60. The van der Waals surface area contributed by atoms with E-state index in [0.29, 0.717) is 5.54 Å². The molecule has 0 aromatic carbocycles. The van der Waals surface area contributed by atoms with E-state index in [1.165, 1.54) is 70.8 Å². The highest BCUT2D eigenvalue weighted by Crippen LogP contribution is 2.44. The summed E-state index contributed by atoms with van der Waals surface area (Å²) >= 11 is 0. The third-order valence-corrected chi connectivity index (χ3v) is 6.42. The number of fused-ring (bicyclic) bond motifs is 1. The van der Waals surface area contributed by atoms with Crippen molar-refractivity contribution < 1.29 is 0 Å². The van der Waals surface area contributed by atoms with Crippen molar-refractivity contribution >= 4 is 0 Å². The first-order valence-corrected chi connectivity index (χ1v) is 8.72. The summed E-state index contributed by atoms with van der Waals surface area (Å²) < 4.78 is 0. The largest absolute Gasteiger partial charge is 0.329 e. The van der Waals surface area contributed by atoms with E-state index < -0.39 is 0 Å². The van der Waals surface area contributed by atoms with Crippen molar-refractivity contribution in [2.24, 2.45) is 17.6 Å². The summed E-state index contributed by atoms with van der Waals surface area (Å²) in [5, 5.41) is 0. The van der Waals surface area contributed by atoms with Crippen LogP contribution in [0.1, 0.15) is 71.1 Å². The second-order valence-electron chi connectivity index (χ2n) is 7.56. The first kappa shape index (κ1) is 13.9. The molecule has 0 aromatic rings. The minimum Gasteiger partial charge on any atom is -0.329 e. The molecule has 1 saturated heterocycles. The summed E-state index contributed by atoms with van der Waals surface area (Å²) in [5.41, 5.74) is 6.68. The van der Waals surface area contributed by atoms with E-state index in [4.69, 9.17) is 5.73 Å². The van der Waals surface area contributed by atoms with E-state index in [2.05, 4.69) is 11.8 Å². The zero-order chi connectivity index (χ0) is 13.3. The highest BCUT2D eigenvalue weighted by molar-refractivity contribution is 5.01. The van der Waals surface area contributed by atoms with Gasteiger partial charge in [0.1, 0.15) is 0 Å². The highest BCUT2D eigenvalue weighted by atomic mass is 15.2. The first-order chi connectivity index (χ1) is 9.25. The Bertz CT molecular complexity index is 304. The quantitative estimate of drug-likeness (QED) is 0.773. The molecule has 0 amide bonds. The van der Waals surface area contributed by atoms with E-state index in [1.54, 1.807) is 0 Å². The molecule has 3 aliphatic rings. The summed E-state index contributed by atoms with van der Waals surface area (Å²) in [6.45, 7) is 4.65. The predicted octanol–water partition coefficient (Wildman–Crippen LogP) is 3.55. The lowest BCUT2D eigenvalue weighted by Gasteiger charge is -2.51. The zero-order valence-corrected chi connectivity index (χ0v) is 12.7. The van der Waals surface area contributed by atoms with Crippen LogP contribution in [0.4, 0.5) is 0 Å². The van der Waals surface area contributed by atoms with Gasteiger partial charge < -0.3 is 5.73 Å². The van der Waals surface area contributed by atoms with Crippen molar-refractivity contribution in [3.8, 4) is 0 Å². The molecule has 2 heteroatoms. The molecule has 4 unspecified atom stereocenters.